The molecule has 0 fully saturated rings. The van der Waals surface area contributed by atoms with E-state index in [0.29, 0.717) is 20.5 Å². The van der Waals surface area contributed by atoms with Crippen LogP contribution in [0.3, 0.4) is 0 Å². The second kappa shape index (κ2) is 9.02. The highest BCUT2D eigenvalue weighted by molar-refractivity contribution is 9.10. The Labute approximate surface area is 180 Å². The third kappa shape index (κ3) is 5.09. The van der Waals surface area contributed by atoms with E-state index < -0.39 is 12.5 Å². The molecule has 0 atom stereocenters. The zero-order chi connectivity index (χ0) is 20.3. The van der Waals surface area contributed by atoms with Gasteiger partial charge in [0, 0.05) is 15.7 Å². The van der Waals surface area contributed by atoms with Crippen molar-refractivity contribution in [2.24, 2.45) is 0 Å². The minimum absolute atomic E-state index is 0.0535. The number of carbonyl (C=O) groups is 1. The van der Waals surface area contributed by atoms with Gasteiger partial charge in [0.05, 0.1) is 16.6 Å². The Morgan fingerprint density at radius 2 is 2.00 bits per heavy atom. The number of rotatable bonds is 6. The summed E-state index contributed by atoms with van der Waals surface area (Å²) in [6, 6.07) is 11.5. The molecule has 0 saturated heterocycles. The molecule has 0 bridgehead atoms. The average molecular weight is 536 g/mol. The lowest BCUT2D eigenvalue weighted by atomic mass is 10.2. The molecule has 1 aromatic heterocycles. The van der Waals surface area contributed by atoms with Crippen LogP contribution in [0.5, 0.6) is 5.75 Å². The van der Waals surface area contributed by atoms with Crippen molar-refractivity contribution in [1.29, 1.82) is 0 Å². The van der Waals surface area contributed by atoms with Gasteiger partial charge < -0.3 is 10.1 Å². The summed E-state index contributed by atoms with van der Waals surface area (Å²) in [5, 5.41) is 7.49. The first-order chi connectivity index (χ1) is 13.3. The Balaban J connectivity index is 1.81. The highest BCUT2D eigenvalue weighted by atomic mass is 79.9. The van der Waals surface area contributed by atoms with Crippen molar-refractivity contribution in [2.45, 2.75) is 13.2 Å². The molecule has 0 unspecified atom stereocenters. The van der Waals surface area contributed by atoms with Crippen LogP contribution in [0.4, 0.5) is 14.6 Å². The van der Waals surface area contributed by atoms with E-state index in [2.05, 4.69) is 47.0 Å². The highest BCUT2D eigenvalue weighted by Gasteiger charge is 2.19. The summed E-state index contributed by atoms with van der Waals surface area (Å²) in [4.78, 5) is 12.6. The molecule has 1 heterocycles. The van der Waals surface area contributed by atoms with Gasteiger partial charge in [-0.3, -0.25) is 9.48 Å². The van der Waals surface area contributed by atoms with Gasteiger partial charge in [0.2, 0.25) is 0 Å². The number of nitrogens with zero attached hydrogens (tertiary/aromatic N) is 2. The smallest absolute Gasteiger partial charge is 0.387 e. The van der Waals surface area contributed by atoms with Gasteiger partial charge in [0.1, 0.15) is 5.75 Å². The summed E-state index contributed by atoms with van der Waals surface area (Å²) in [5.74, 6) is -0.636. The number of alkyl halides is 2. The van der Waals surface area contributed by atoms with Crippen molar-refractivity contribution in [3.05, 3.63) is 73.8 Å². The summed E-state index contributed by atoms with van der Waals surface area (Å²) in [5.41, 5.74) is 0.805. The number of carbonyl (C=O) groups excluding carboxylic acids is 1. The van der Waals surface area contributed by atoms with Crippen molar-refractivity contribution in [2.75, 3.05) is 5.32 Å². The molecule has 28 heavy (non-hydrogen) atoms. The van der Waals surface area contributed by atoms with E-state index >= 15 is 0 Å². The maximum atomic E-state index is 12.6. The van der Waals surface area contributed by atoms with Crippen molar-refractivity contribution in [3.8, 4) is 5.75 Å². The lowest BCUT2D eigenvalue weighted by molar-refractivity contribution is -0.0501. The Bertz CT molecular complexity index is 1010. The summed E-state index contributed by atoms with van der Waals surface area (Å²) < 4.78 is 32.3. The van der Waals surface area contributed by atoms with E-state index in [4.69, 9.17) is 11.6 Å². The second-order valence-electron chi connectivity index (χ2n) is 5.59. The van der Waals surface area contributed by atoms with Crippen LogP contribution in [-0.2, 0) is 6.54 Å². The first-order valence-electron chi connectivity index (χ1n) is 7.85. The molecule has 0 aliphatic carbocycles. The van der Waals surface area contributed by atoms with Crippen LogP contribution in [0.2, 0.25) is 5.02 Å². The summed E-state index contributed by atoms with van der Waals surface area (Å²) in [7, 11) is 0. The quantitative estimate of drug-likeness (QED) is 0.424. The Morgan fingerprint density at radius 1 is 1.25 bits per heavy atom. The largest absolute Gasteiger partial charge is 0.434 e. The van der Waals surface area contributed by atoms with E-state index in [0.717, 1.165) is 5.56 Å². The fraction of sp³-hybridized carbons (Fsp3) is 0.111. The summed E-state index contributed by atoms with van der Waals surface area (Å²) in [6.07, 6.45) is 1.68. The van der Waals surface area contributed by atoms with Gasteiger partial charge in [-0.15, -0.1) is 0 Å². The van der Waals surface area contributed by atoms with Crippen LogP contribution in [0.1, 0.15) is 15.9 Å². The summed E-state index contributed by atoms with van der Waals surface area (Å²) >= 11 is 12.7. The maximum Gasteiger partial charge on any atom is 0.387 e. The molecule has 0 saturated carbocycles. The van der Waals surface area contributed by atoms with E-state index in [-0.39, 0.29) is 17.1 Å². The topological polar surface area (TPSA) is 56.2 Å². The molecular formula is C18H12Br2ClF2N3O2. The number of halogens is 5. The average Bonchev–Trinajstić information content (AvgIpc) is 2.97. The molecule has 10 heteroatoms. The van der Waals surface area contributed by atoms with Gasteiger partial charge >= 0.3 is 6.61 Å². The molecule has 0 aliphatic heterocycles. The van der Waals surface area contributed by atoms with Crippen LogP contribution in [0.25, 0.3) is 0 Å². The lowest BCUT2D eigenvalue weighted by Gasteiger charge is -2.11. The van der Waals surface area contributed by atoms with Crippen LogP contribution in [0, 0.1) is 0 Å². The van der Waals surface area contributed by atoms with Crippen LogP contribution < -0.4 is 10.1 Å². The number of hydrogen-bond acceptors (Lipinski definition) is 3. The summed E-state index contributed by atoms with van der Waals surface area (Å²) in [6.45, 7) is -2.65. The van der Waals surface area contributed by atoms with Gasteiger partial charge in [0.15, 0.2) is 5.82 Å². The highest BCUT2D eigenvalue weighted by Crippen LogP contribution is 2.28. The molecule has 5 nitrogen and oxygen atoms in total. The Morgan fingerprint density at radius 3 is 2.71 bits per heavy atom. The fourth-order valence-corrected chi connectivity index (χ4v) is 3.39. The van der Waals surface area contributed by atoms with E-state index in [9.17, 15) is 13.6 Å². The predicted octanol–water partition coefficient (Wildman–Crippen LogP) is 5.96. The SMILES string of the molecule is O=C(Nc1nn(Cc2ccccc2Cl)cc1Br)c1cc(Br)ccc1OC(F)F. The first-order valence-corrected chi connectivity index (χ1v) is 9.82. The molecule has 1 amide bonds. The molecular weight excluding hydrogens is 523 g/mol. The molecule has 1 N–H and O–H groups in total. The van der Waals surface area contributed by atoms with Gasteiger partial charge in [-0.05, 0) is 45.8 Å². The minimum Gasteiger partial charge on any atom is -0.434 e. The first kappa shape index (κ1) is 20.8. The number of anilines is 1. The Kier molecular flexibility index (Phi) is 6.69. The molecule has 3 aromatic rings. The predicted molar refractivity (Wildman–Crippen MR) is 109 cm³/mol. The van der Waals surface area contributed by atoms with Gasteiger partial charge in [0.25, 0.3) is 5.91 Å². The number of hydrogen-bond donors (Lipinski definition) is 1. The third-order valence-corrected chi connectivity index (χ3v) is 5.08. The fourth-order valence-electron chi connectivity index (χ4n) is 2.42. The van der Waals surface area contributed by atoms with Gasteiger partial charge in [-0.25, -0.2) is 0 Å². The zero-order valence-corrected chi connectivity index (χ0v) is 17.9. The number of nitrogens with one attached hydrogen (secondary N) is 1. The van der Waals surface area contributed by atoms with E-state index in [1.165, 1.54) is 18.2 Å². The normalized spacial score (nSPS) is 10.9. The number of aromatic nitrogens is 2. The molecule has 146 valence electrons. The van der Waals surface area contributed by atoms with Gasteiger partial charge in [-0.1, -0.05) is 45.7 Å². The van der Waals surface area contributed by atoms with E-state index in [1.54, 1.807) is 16.9 Å². The van der Waals surface area contributed by atoms with Crippen molar-refractivity contribution >= 4 is 55.2 Å². The lowest BCUT2D eigenvalue weighted by Crippen LogP contribution is -2.16. The second-order valence-corrected chi connectivity index (χ2v) is 7.76. The molecule has 0 spiro atoms. The molecule has 3 rings (SSSR count). The molecule has 0 aliphatic rings. The zero-order valence-electron chi connectivity index (χ0n) is 14.0. The molecule has 2 aromatic carbocycles. The van der Waals surface area contributed by atoms with E-state index in [1.807, 2.05) is 18.2 Å². The van der Waals surface area contributed by atoms with Crippen molar-refractivity contribution in [1.82, 2.24) is 9.78 Å². The minimum atomic E-state index is -3.05. The number of amides is 1. The van der Waals surface area contributed by atoms with Crippen LogP contribution in [-0.4, -0.2) is 22.3 Å². The van der Waals surface area contributed by atoms with Gasteiger partial charge in [-0.2, -0.15) is 13.9 Å². The number of benzene rings is 2. The third-order valence-electron chi connectivity index (χ3n) is 3.64. The van der Waals surface area contributed by atoms with Crippen LogP contribution >= 0.6 is 43.5 Å². The monoisotopic (exact) mass is 533 g/mol. The van der Waals surface area contributed by atoms with Crippen molar-refractivity contribution < 1.29 is 18.3 Å². The number of ether oxygens (including phenoxy) is 1. The maximum absolute atomic E-state index is 12.6. The van der Waals surface area contributed by atoms with Crippen LogP contribution in [0.15, 0.2) is 57.6 Å². The standard InChI is InChI=1S/C18H12Br2ClF2N3O2/c19-11-5-6-15(28-18(22)23)12(7-11)17(27)24-16-13(20)9-26(25-16)8-10-3-1-2-4-14(10)21/h1-7,9,18H,8H2,(H,24,25,27). The van der Waals surface area contributed by atoms with Crippen molar-refractivity contribution in [3.63, 3.8) is 0 Å². The molecule has 0 radical (unpaired) electrons. The Hall–Kier alpha value is -1.97.